The van der Waals surface area contributed by atoms with Crippen LogP contribution in [0, 0.1) is 21.4 Å². The van der Waals surface area contributed by atoms with Crippen molar-refractivity contribution in [2.75, 3.05) is 7.11 Å². The molecule has 0 N–H and O–H groups in total. The standard InChI is InChI=1S/C9H5F2N3O4/c1-18-9(15)5-2-4(3-12)8(14(16)17)13-6(5)7(10)11/h2,7H,1H3. The topological polar surface area (TPSA) is 106 Å². The summed E-state index contributed by atoms with van der Waals surface area (Å²) in [5.74, 6) is -2.18. The van der Waals surface area contributed by atoms with Gasteiger partial charge in [0.05, 0.1) is 7.11 Å². The smallest absolute Gasteiger partial charge is 0.381 e. The van der Waals surface area contributed by atoms with Gasteiger partial charge < -0.3 is 14.9 Å². The zero-order valence-electron chi connectivity index (χ0n) is 8.89. The van der Waals surface area contributed by atoms with Crippen molar-refractivity contribution in [2.45, 2.75) is 6.43 Å². The van der Waals surface area contributed by atoms with Crippen LogP contribution < -0.4 is 0 Å². The van der Waals surface area contributed by atoms with Crippen molar-refractivity contribution < 1.29 is 23.2 Å². The first-order chi connectivity index (χ1) is 8.42. The highest BCUT2D eigenvalue weighted by Crippen LogP contribution is 2.26. The summed E-state index contributed by atoms with van der Waals surface area (Å²) in [6.45, 7) is 0. The molecule has 7 nitrogen and oxygen atoms in total. The molecule has 0 aliphatic rings. The minimum Gasteiger partial charge on any atom is -0.465 e. The molecule has 0 aromatic carbocycles. The third kappa shape index (κ3) is 2.37. The Morgan fingerprint density at radius 1 is 1.67 bits per heavy atom. The molecule has 0 saturated heterocycles. The monoisotopic (exact) mass is 257 g/mol. The predicted molar refractivity (Wildman–Crippen MR) is 51.9 cm³/mol. The Morgan fingerprint density at radius 2 is 2.28 bits per heavy atom. The summed E-state index contributed by atoms with van der Waals surface area (Å²) in [6.07, 6.45) is -3.20. The zero-order chi connectivity index (χ0) is 13.9. The van der Waals surface area contributed by atoms with E-state index in [0.29, 0.717) is 6.07 Å². The maximum absolute atomic E-state index is 12.6. The summed E-state index contributed by atoms with van der Waals surface area (Å²) >= 11 is 0. The van der Waals surface area contributed by atoms with Crippen LogP contribution in [0.15, 0.2) is 6.07 Å². The fourth-order valence-corrected chi connectivity index (χ4v) is 1.18. The van der Waals surface area contributed by atoms with E-state index in [9.17, 15) is 23.7 Å². The highest BCUT2D eigenvalue weighted by molar-refractivity contribution is 5.91. The van der Waals surface area contributed by atoms with E-state index >= 15 is 0 Å². The molecule has 94 valence electrons. The molecule has 0 saturated carbocycles. The molecule has 0 aliphatic carbocycles. The molecule has 9 heteroatoms. The first-order valence-corrected chi connectivity index (χ1v) is 4.38. The van der Waals surface area contributed by atoms with E-state index in [4.69, 9.17) is 5.26 Å². The van der Waals surface area contributed by atoms with E-state index in [1.165, 1.54) is 6.07 Å². The van der Waals surface area contributed by atoms with Crippen molar-refractivity contribution in [3.8, 4) is 6.07 Å². The second-order valence-electron chi connectivity index (χ2n) is 2.95. The Bertz CT molecular complexity index is 553. The summed E-state index contributed by atoms with van der Waals surface area (Å²) in [7, 11) is 0.949. The maximum atomic E-state index is 12.6. The van der Waals surface area contributed by atoms with Gasteiger partial charge in [-0.25, -0.2) is 13.6 Å². The molecular weight excluding hydrogens is 252 g/mol. The van der Waals surface area contributed by atoms with Crippen molar-refractivity contribution >= 4 is 11.8 Å². The Morgan fingerprint density at radius 3 is 2.67 bits per heavy atom. The SMILES string of the molecule is COC(=O)c1cc(C#N)c([N+](=O)[O-])nc1C(F)F. The number of alkyl halides is 2. The van der Waals surface area contributed by atoms with Gasteiger partial charge in [-0.1, -0.05) is 0 Å². The van der Waals surface area contributed by atoms with Gasteiger partial charge in [-0.05, 0) is 16.0 Å². The number of hydrogen-bond donors (Lipinski definition) is 0. The number of aromatic nitrogens is 1. The van der Waals surface area contributed by atoms with Crippen molar-refractivity contribution in [2.24, 2.45) is 0 Å². The predicted octanol–water partition coefficient (Wildman–Crippen LogP) is 1.59. The number of nitrogens with zero attached hydrogens (tertiary/aromatic N) is 3. The maximum Gasteiger partial charge on any atom is 0.381 e. The lowest BCUT2D eigenvalue weighted by atomic mass is 10.1. The fraction of sp³-hybridized carbons (Fsp3) is 0.222. The number of rotatable bonds is 3. The van der Waals surface area contributed by atoms with Crippen LogP contribution in [0.1, 0.15) is 28.0 Å². The normalized spacial score (nSPS) is 9.94. The number of methoxy groups -OCH3 is 1. The van der Waals surface area contributed by atoms with Gasteiger partial charge >= 0.3 is 18.2 Å². The summed E-state index contributed by atoms with van der Waals surface area (Å²) in [6, 6.07) is 2.07. The average Bonchev–Trinajstić information content (AvgIpc) is 2.35. The van der Waals surface area contributed by atoms with Crippen LogP contribution in [-0.4, -0.2) is 23.0 Å². The summed E-state index contributed by atoms with van der Waals surface area (Å²) in [5.41, 5.74) is -2.35. The molecule has 1 rings (SSSR count). The fourth-order valence-electron chi connectivity index (χ4n) is 1.18. The summed E-state index contributed by atoms with van der Waals surface area (Å²) < 4.78 is 29.5. The number of pyridine rings is 1. The van der Waals surface area contributed by atoms with E-state index in [0.717, 1.165) is 7.11 Å². The van der Waals surface area contributed by atoms with Crippen molar-refractivity contribution in [3.05, 3.63) is 33.0 Å². The lowest BCUT2D eigenvalue weighted by molar-refractivity contribution is -0.390. The van der Waals surface area contributed by atoms with Gasteiger partial charge in [-0.15, -0.1) is 0 Å². The first-order valence-electron chi connectivity index (χ1n) is 4.38. The number of nitriles is 1. The van der Waals surface area contributed by atoms with Crippen LogP contribution in [-0.2, 0) is 4.74 Å². The Labute approximate surface area is 98.8 Å². The van der Waals surface area contributed by atoms with Crippen molar-refractivity contribution in [1.29, 1.82) is 5.26 Å². The molecule has 0 fully saturated rings. The highest BCUT2D eigenvalue weighted by atomic mass is 19.3. The van der Waals surface area contributed by atoms with E-state index in [1.54, 1.807) is 0 Å². The Hall–Kier alpha value is -2.63. The summed E-state index contributed by atoms with van der Waals surface area (Å²) in [4.78, 5) is 23.7. The minimum absolute atomic E-state index is 0.593. The van der Waals surface area contributed by atoms with E-state index in [1.807, 2.05) is 0 Å². The molecule has 1 aromatic rings. The number of halogens is 2. The summed E-state index contributed by atoms with van der Waals surface area (Å²) in [5, 5.41) is 19.2. The zero-order valence-corrected chi connectivity index (χ0v) is 8.89. The number of ether oxygens (including phenoxy) is 1. The largest absolute Gasteiger partial charge is 0.465 e. The van der Waals surface area contributed by atoms with Gasteiger partial charge in [-0.3, -0.25) is 0 Å². The number of nitro groups is 1. The van der Waals surface area contributed by atoms with Gasteiger partial charge in [0, 0.05) is 0 Å². The highest BCUT2D eigenvalue weighted by Gasteiger charge is 2.31. The molecule has 0 radical (unpaired) electrons. The van der Waals surface area contributed by atoms with E-state index < -0.39 is 40.0 Å². The quantitative estimate of drug-likeness (QED) is 0.462. The Kier molecular flexibility index (Phi) is 3.83. The second-order valence-corrected chi connectivity index (χ2v) is 2.95. The van der Waals surface area contributed by atoms with Crippen LogP contribution >= 0.6 is 0 Å². The molecule has 0 bridgehead atoms. The Balaban J connectivity index is 3.58. The van der Waals surface area contributed by atoms with Gasteiger partial charge in [0.2, 0.25) is 5.69 Å². The van der Waals surface area contributed by atoms with Crippen molar-refractivity contribution in [3.63, 3.8) is 0 Å². The van der Waals surface area contributed by atoms with Gasteiger partial charge in [-0.2, -0.15) is 5.26 Å². The second kappa shape index (κ2) is 5.13. The lowest BCUT2D eigenvalue weighted by Crippen LogP contribution is -2.11. The molecule has 0 spiro atoms. The molecular formula is C9H5F2N3O4. The van der Waals surface area contributed by atoms with Crippen LogP contribution in [0.3, 0.4) is 0 Å². The van der Waals surface area contributed by atoms with E-state index in [2.05, 4.69) is 9.72 Å². The number of carbonyl (C=O) groups is 1. The average molecular weight is 257 g/mol. The number of esters is 1. The number of hydrogen-bond acceptors (Lipinski definition) is 6. The molecule has 0 unspecified atom stereocenters. The van der Waals surface area contributed by atoms with Gasteiger partial charge in [0.15, 0.2) is 5.56 Å². The molecule has 1 heterocycles. The molecule has 0 aliphatic heterocycles. The third-order valence-corrected chi connectivity index (χ3v) is 1.94. The third-order valence-electron chi connectivity index (χ3n) is 1.94. The van der Waals surface area contributed by atoms with Crippen LogP contribution in [0.25, 0.3) is 0 Å². The van der Waals surface area contributed by atoms with Gasteiger partial charge in [0.25, 0.3) is 0 Å². The van der Waals surface area contributed by atoms with Gasteiger partial charge in [0.1, 0.15) is 11.6 Å². The lowest BCUT2D eigenvalue weighted by Gasteiger charge is -2.04. The van der Waals surface area contributed by atoms with E-state index in [-0.39, 0.29) is 0 Å². The van der Waals surface area contributed by atoms with Crippen molar-refractivity contribution in [1.82, 2.24) is 4.98 Å². The molecule has 18 heavy (non-hydrogen) atoms. The molecule has 0 amide bonds. The first kappa shape index (κ1) is 13.4. The molecule has 1 aromatic heterocycles. The molecule has 0 atom stereocenters. The minimum atomic E-state index is -3.20. The number of carbonyl (C=O) groups excluding carboxylic acids is 1. The van der Waals surface area contributed by atoms with Crippen LogP contribution in [0.2, 0.25) is 0 Å². The van der Waals surface area contributed by atoms with Crippen LogP contribution in [0.4, 0.5) is 14.6 Å². The van der Waals surface area contributed by atoms with Crippen LogP contribution in [0.5, 0.6) is 0 Å².